The molecule has 0 saturated heterocycles. The smallest absolute Gasteiger partial charge is 0.246 e. The van der Waals surface area contributed by atoms with Crippen LogP contribution < -0.4 is 5.73 Å². The number of amides is 1. The SMILES string of the molecule is CN(Cc1cc2cnccc2s1)C(=O)C=Cc1ccc(N)nc1. The van der Waals surface area contributed by atoms with Crippen LogP contribution in [0.25, 0.3) is 16.2 Å². The minimum absolute atomic E-state index is 0.0580. The second-order valence-corrected chi connectivity index (χ2v) is 6.34. The van der Waals surface area contributed by atoms with Crippen molar-refractivity contribution in [1.29, 1.82) is 0 Å². The van der Waals surface area contributed by atoms with Gasteiger partial charge in [0.1, 0.15) is 5.82 Å². The van der Waals surface area contributed by atoms with Crippen molar-refractivity contribution in [3.05, 3.63) is 59.4 Å². The minimum atomic E-state index is -0.0580. The van der Waals surface area contributed by atoms with E-state index in [9.17, 15) is 4.79 Å². The first-order valence-corrected chi connectivity index (χ1v) is 7.90. The Labute approximate surface area is 138 Å². The average molecular weight is 324 g/mol. The number of carbonyl (C=O) groups is 1. The average Bonchev–Trinajstić information content (AvgIpc) is 2.96. The van der Waals surface area contributed by atoms with Crippen molar-refractivity contribution in [2.24, 2.45) is 0 Å². The number of carbonyl (C=O) groups excluding carboxylic acids is 1. The Morgan fingerprint density at radius 3 is 2.96 bits per heavy atom. The molecule has 0 spiro atoms. The van der Waals surface area contributed by atoms with Crippen LogP contribution in [0.5, 0.6) is 0 Å². The van der Waals surface area contributed by atoms with Crippen molar-refractivity contribution in [3.8, 4) is 0 Å². The van der Waals surface area contributed by atoms with Crippen LogP contribution in [0.15, 0.2) is 48.9 Å². The molecule has 23 heavy (non-hydrogen) atoms. The van der Waals surface area contributed by atoms with Gasteiger partial charge in [0.05, 0.1) is 6.54 Å². The topological polar surface area (TPSA) is 72.1 Å². The van der Waals surface area contributed by atoms with Crippen LogP contribution in [-0.2, 0) is 11.3 Å². The van der Waals surface area contributed by atoms with Crippen molar-refractivity contribution in [3.63, 3.8) is 0 Å². The van der Waals surface area contributed by atoms with E-state index in [-0.39, 0.29) is 5.91 Å². The lowest BCUT2D eigenvalue weighted by Gasteiger charge is -2.13. The lowest BCUT2D eigenvalue weighted by atomic mass is 10.2. The fraction of sp³-hybridized carbons (Fsp3) is 0.118. The number of nitrogen functional groups attached to an aromatic ring is 1. The number of nitrogens with zero attached hydrogens (tertiary/aromatic N) is 3. The Balaban J connectivity index is 1.66. The van der Waals surface area contributed by atoms with Crippen LogP contribution in [0.1, 0.15) is 10.4 Å². The molecule has 5 nitrogen and oxygen atoms in total. The third kappa shape index (κ3) is 3.73. The van der Waals surface area contributed by atoms with Crippen LogP contribution in [-0.4, -0.2) is 27.8 Å². The molecular weight excluding hydrogens is 308 g/mol. The maximum absolute atomic E-state index is 12.2. The molecule has 3 heterocycles. The normalized spacial score (nSPS) is 11.2. The first-order chi connectivity index (χ1) is 11.1. The number of rotatable bonds is 4. The Kier molecular flexibility index (Phi) is 4.34. The van der Waals surface area contributed by atoms with E-state index >= 15 is 0 Å². The van der Waals surface area contributed by atoms with E-state index in [0.29, 0.717) is 12.4 Å². The highest BCUT2D eigenvalue weighted by Crippen LogP contribution is 2.25. The van der Waals surface area contributed by atoms with E-state index in [4.69, 9.17) is 5.73 Å². The zero-order valence-electron chi connectivity index (χ0n) is 12.6. The Morgan fingerprint density at radius 2 is 2.22 bits per heavy atom. The highest BCUT2D eigenvalue weighted by molar-refractivity contribution is 7.19. The van der Waals surface area contributed by atoms with Crippen LogP contribution in [0.3, 0.4) is 0 Å². The van der Waals surface area contributed by atoms with Gasteiger partial charge in [0.2, 0.25) is 5.91 Å². The van der Waals surface area contributed by atoms with E-state index in [1.54, 1.807) is 53.9 Å². The summed E-state index contributed by atoms with van der Waals surface area (Å²) >= 11 is 1.68. The predicted molar refractivity (Wildman–Crippen MR) is 93.8 cm³/mol. The highest BCUT2D eigenvalue weighted by Gasteiger charge is 2.08. The van der Waals surface area contributed by atoms with E-state index in [0.717, 1.165) is 15.8 Å². The number of thiophene rings is 1. The fourth-order valence-electron chi connectivity index (χ4n) is 2.14. The highest BCUT2D eigenvalue weighted by atomic mass is 32.1. The first kappa shape index (κ1) is 15.2. The summed E-state index contributed by atoms with van der Waals surface area (Å²) in [5, 5.41) is 1.11. The molecule has 0 fully saturated rings. The van der Waals surface area contributed by atoms with Gasteiger partial charge >= 0.3 is 0 Å². The van der Waals surface area contributed by atoms with Crippen molar-refractivity contribution in [2.75, 3.05) is 12.8 Å². The standard InChI is InChI=1S/C17H16N4OS/c1-21(11-14-8-13-10-19-7-6-15(13)23-14)17(22)5-3-12-2-4-16(18)20-9-12/h2-10H,11H2,1H3,(H2,18,20). The maximum Gasteiger partial charge on any atom is 0.246 e. The molecule has 0 bridgehead atoms. The maximum atomic E-state index is 12.2. The number of likely N-dealkylation sites (N-methyl/N-ethyl adjacent to an activating group) is 1. The van der Waals surface area contributed by atoms with Crippen molar-refractivity contribution in [1.82, 2.24) is 14.9 Å². The molecule has 0 radical (unpaired) electrons. The molecule has 0 aliphatic rings. The number of pyridine rings is 2. The summed E-state index contributed by atoms with van der Waals surface area (Å²) < 4.78 is 1.18. The molecule has 3 rings (SSSR count). The predicted octanol–water partition coefficient (Wildman–Crippen LogP) is 2.95. The molecule has 6 heteroatoms. The van der Waals surface area contributed by atoms with Crippen LogP contribution in [0.4, 0.5) is 5.82 Å². The summed E-state index contributed by atoms with van der Waals surface area (Å²) in [5.74, 6) is 0.405. The number of hydrogen-bond acceptors (Lipinski definition) is 5. The fourth-order valence-corrected chi connectivity index (χ4v) is 3.22. The number of fused-ring (bicyclic) bond motifs is 1. The minimum Gasteiger partial charge on any atom is -0.384 e. The summed E-state index contributed by atoms with van der Waals surface area (Å²) in [6.45, 7) is 0.572. The summed E-state index contributed by atoms with van der Waals surface area (Å²) in [6, 6.07) is 7.59. The number of aromatic nitrogens is 2. The zero-order chi connectivity index (χ0) is 16.2. The Bertz CT molecular complexity index is 821. The molecule has 0 unspecified atom stereocenters. The molecule has 2 N–H and O–H groups in total. The number of nitrogens with two attached hydrogens (primary N) is 1. The molecule has 116 valence electrons. The molecule has 3 aromatic rings. The van der Waals surface area contributed by atoms with Gasteiger partial charge in [-0.1, -0.05) is 0 Å². The summed E-state index contributed by atoms with van der Waals surface area (Å²) in [6.07, 6.45) is 8.53. The quantitative estimate of drug-likeness (QED) is 0.749. The van der Waals surface area contributed by atoms with Gasteiger partial charge in [-0.2, -0.15) is 0 Å². The van der Waals surface area contributed by atoms with Gasteiger partial charge in [-0.15, -0.1) is 11.3 Å². The van der Waals surface area contributed by atoms with Gasteiger partial charge in [0.25, 0.3) is 0 Å². The van der Waals surface area contributed by atoms with Crippen molar-refractivity contribution in [2.45, 2.75) is 6.54 Å². The molecule has 0 aliphatic carbocycles. The Morgan fingerprint density at radius 1 is 1.35 bits per heavy atom. The second kappa shape index (κ2) is 6.58. The summed E-state index contributed by atoms with van der Waals surface area (Å²) in [7, 11) is 1.79. The monoisotopic (exact) mass is 324 g/mol. The van der Waals surface area contributed by atoms with E-state index < -0.39 is 0 Å². The summed E-state index contributed by atoms with van der Waals surface area (Å²) in [5.41, 5.74) is 6.38. The van der Waals surface area contributed by atoms with E-state index in [1.807, 2.05) is 18.3 Å². The number of hydrogen-bond donors (Lipinski definition) is 1. The molecular formula is C17H16N4OS. The molecule has 3 aromatic heterocycles. The van der Waals surface area contributed by atoms with Crippen LogP contribution in [0, 0.1) is 0 Å². The van der Waals surface area contributed by atoms with Crippen molar-refractivity contribution < 1.29 is 4.79 Å². The van der Waals surface area contributed by atoms with Gasteiger partial charge in [-0.05, 0) is 35.9 Å². The molecule has 0 saturated carbocycles. The molecule has 0 aliphatic heterocycles. The van der Waals surface area contributed by atoms with Crippen LogP contribution >= 0.6 is 11.3 Å². The van der Waals surface area contributed by atoms with Crippen molar-refractivity contribution >= 4 is 39.2 Å². The van der Waals surface area contributed by atoms with E-state index in [2.05, 4.69) is 16.0 Å². The third-order valence-electron chi connectivity index (χ3n) is 3.36. The van der Waals surface area contributed by atoms with Crippen LogP contribution in [0.2, 0.25) is 0 Å². The van der Waals surface area contributed by atoms with E-state index in [1.165, 1.54) is 4.70 Å². The van der Waals surface area contributed by atoms with Gasteiger partial charge < -0.3 is 10.6 Å². The lowest BCUT2D eigenvalue weighted by Crippen LogP contribution is -2.23. The Hall–Kier alpha value is -2.73. The lowest BCUT2D eigenvalue weighted by molar-refractivity contribution is -0.125. The van der Waals surface area contributed by atoms with Gasteiger partial charge in [-0.3, -0.25) is 9.78 Å². The molecule has 0 atom stereocenters. The largest absolute Gasteiger partial charge is 0.384 e. The zero-order valence-corrected chi connectivity index (χ0v) is 13.5. The van der Waals surface area contributed by atoms with Gasteiger partial charge in [0, 0.05) is 46.7 Å². The first-order valence-electron chi connectivity index (χ1n) is 7.09. The summed E-state index contributed by atoms with van der Waals surface area (Å²) in [4.78, 5) is 23.1. The third-order valence-corrected chi connectivity index (χ3v) is 4.47. The van der Waals surface area contributed by atoms with Gasteiger partial charge in [0.15, 0.2) is 0 Å². The molecule has 0 aromatic carbocycles. The number of anilines is 1. The second-order valence-electron chi connectivity index (χ2n) is 5.17. The van der Waals surface area contributed by atoms with Gasteiger partial charge in [-0.25, -0.2) is 4.98 Å². The molecule has 1 amide bonds.